The first-order valence-electron chi connectivity index (χ1n) is 17.0. The maximum absolute atomic E-state index is 6.68. The van der Waals surface area contributed by atoms with E-state index in [2.05, 4.69) is 165 Å². The molecule has 3 aliphatic rings. The Morgan fingerprint density at radius 2 is 1.22 bits per heavy atom. The summed E-state index contributed by atoms with van der Waals surface area (Å²) in [6.07, 6.45) is 5.45. The molecular weight excluding hydrogens is 597 g/mol. The van der Waals surface area contributed by atoms with E-state index in [-0.39, 0.29) is 0 Å². The molecule has 49 heavy (non-hydrogen) atoms. The Morgan fingerprint density at radius 1 is 0.571 bits per heavy atom. The van der Waals surface area contributed by atoms with Gasteiger partial charge in [-0.1, -0.05) is 134 Å². The van der Waals surface area contributed by atoms with E-state index in [9.17, 15) is 0 Å². The van der Waals surface area contributed by atoms with E-state index in [0.29, 0.717) is 5.92 Å². The van der Waals surface area contributed by atoms with Crippen LogP contribution in [0.2, 0.25) is 0 Å². The fourth-order valence-electron chi connectivity index (χ4n) is 8.50. The second-order valence-electron chi connectivity index (χ2n) is 13.3. The summed E-state index contributed by atoms with van der Waals surface area (Å²) in [4.78, 5) is 10.6. The Kier molecular flexibility index (Phi) is 6.13. The molecule has 0 amide bonds. The second kappa shape index (κ2) is 10.7. The molecule has 0 bridgehead atoms. The van der Waals surface area contributed by atoms with Crippen molar-refractivity contribution in [3.63, 3.8) is 0 Å². The van der Waals surface area contributed by atoms with Crippen LogP contribution in [0.25, 0.3) is 44.6 Å². The summed E-state index contributed by atoms with van der Waals surface area (Å²) in [7, 11) is 0. The third-order valence-corrected chi connectivity index (χ3v) is 10.6. The van der Waals surface area contributed by atoms with Crippen molar-refractivity contribution in [3.05, 3.63) is 191 Å². The molecule has 1 spiro atoms. The minimum Gasteiger partial charge on any atom is -0.457 e. The lowest BCUT2D eigenvalue weighted by atomic mass is 9.66. The molecule has 3 nitrogen and oxygen atoms in total. The maximum atomic E-state index is 6.68. The first-order valence-corrected chi connectivity index (χ1v) is 17.0. The van der Waals surface area contributed by atoms with Crippen molar-refractivity contribution in [2.75, 3.05) is 0 Å². The van der Waals surface area contributed by atoms with Gasteiger partial charge in [0.2, 0.25) is 0 Å². The lowest BCUT2D eigenvalue weighted by Gasteiger charge is -2.39. The van der Waals surface area contributed by atoms with E-state index in [0.717, 1.165) is 57.0 Å². The zero-order valence-corrected chi connectivity index (χ0v) is 27.1. The number of benzene rings is 6. The van der Waals surface area contributed by atoms with Crippen LogP contribution in [0.15, 0.2) is 158 Å². The molecule has 0 saturated heterocycles. The van der Waals surface area contributed by atoms with E-state index in [4.69, 9.17) is 14.7 Å². The van der Waals surface area contributed by atoms with Crippen LogP contribution >= 0.6 is 0 Å². The number of hydrogen-bond donors (Lipinski definition) is 0. The molecule has 2 heterocycles. The number of nitrogens with zero attached hydrogens (tertiary/aromatic N) is 2. The van der Waals surface area contributed by atoms with Gasteiger partial charge in [0, 0.05) is 22.1 Å². The van der Waals surface area contributed by atoms with E-state index >= 15 is 0 Å². The number of fused-ring (bicyclic) bond motifs is 10. The lowest BCUT2D eigenvalue weighted by molar-refractivity contribution is 0.436. The Bertz CT molecular complexity index is 2480. The van der Waals surface area contributed by atoms with Crippen molar-refractivity contribution in [3.8, 4) is 34.0 Å². The van der Waals surface area contributed by atoms with Gasteiger partial charge in [0.05, 0.1) is 16.6 Å². The van der Waals surface area contributed by atoms with Crippen LogP contribution in [0.3, 0.4) is 0 Å². The highest BCUT2D eigenvalue weighted by Gasteiger charge is 2.51. The van der Waals surface area contributed by atoms with E-state index in [1.54, 1.807) is 0 Å². The van der Waals surface area contributed by atoms with Crippen LogP contribution < -0.4 is 4.74 Å². The molecule has 232 valence electrons. The lowest BCUT2D eigenvalue weighted by Crippen LogP contribution is -2.32. The molecule has 7 aromatic rings. The Balaban J connectivity index is 1.19. The zero-order valence-electron chi connectivity index (χ0n) is 27.1. The van der Waals surface area contributed by atoms with Gasteiger partial charge in [0.1, 0.15) is 11.5 Å². The van der Waals surface area contributed by atoms with E-state index in [1.807, 2.05) is 0 Å². The number of allylic oxidation sites excluding steroid dienone is 4. The van der Waals surface area contributed by atoms with Crippen LogP contribution in [0.1, 0.15) is 46.9 Å². The Morgan fingerprint density at radius 3 is 2.00 bits per heavy atom. The number of rotatable bonds is 3. The molecule has 1 unspecified atom stereocenters. The normalized spacial score (nSPS) is 16.6. The first kappa shape index (κ1) is 28.0. The molecule has 1 aliphatic heterocycles. The molecule has 0 N–H and O–H groups in total. The van der Waals surface area contributed by atoms with Crippen molar-refractivity contribution in [1.29, 1.82) is 0 Å². The Hall–Kier alpha value is -6.06. The highest BCUT2D eigenvalue weighted by atomic mass is 16.5. The van der Waals surface area contributed by atoms with Gasteiger partial charge in [-0.25, -0.2) is 9.97 Å². The van der Waals surface area contributed by atoms with Gasteiger partial charge in [-0.2, -0.15) is 0 Å². The first-order chi connectivity index (χ1) is 24.2. The number of ether oxygens (including phenoxy) is 1. The van der Waals surface area contributed by atoms with Gasteiger partial charge in [0.25, 0.3) is 0 Å². The number of aromatic nitrogens is 2. The van der Waals surface area contributed by atoms with Crippen molar-refractivity contribution < 1.29 is 4.74 Å². The molecule has 6 aromatic carbocycles. The van der Waals surface area contributed by atoms with Crippen LogP contribution in [0, 0.1) is 5.92 Å². The van der Waals surface area contributed by atoms with E-state index < -0.39 is 5.41 Å². The zero-order chi connectivity index (χ0) is 32.5. The van der Waals surface area contributed by atoms with Crippen LogP contribution in [0.5, 0.6) is 11.5 Å². The SMILES string of the molecule is CC1CC(c2nc(-c3ccc4c(c3)C3(c5ccccc5O4)c4ccccc4-c4ccccc43)nc3ccccc23)=CC=C1c1ccccc1. The summed E-state index contributed by atoms with van der Waals surface area (Å²) >= 11 is 0. The molecule has 2 aliphatic carbocycles. The fraction of sp³-hybridized carbons (Fsp3) is 0.0870. The minimum absolute atomic E-state index is 0.364. The van der Waals surface area contributed by atoms with Gasteiger partial charge in [-0.05, 0) is 81.6 Å². The van der Waals surface area contributed by atoms with Crippen LogP contribution in [-0.2, 0) is 5.41 Å². The van der Waals surface area contributed by atoms with Gasteiger partial charge < -0.3 is 4.74 Å². The predicted molar refractivity (Wildman–Crippen MR) is 199 cm³/mol. The van der Waals surface area contributed by atoms with Crippen LogP contribution in [0.4, 0.5) is 0 Å². The topological polar surface area (TPSA) is 35.0 Å². The van der Waals surface area contributed by atoms with Crippen molar-refractivity contribution in [1.82, 2.24) is 9.97 Å². The second-order valence-corrected chi connectivity index (χ2v) is 13.3. The summed E-state index contributed by atoms with van der Waals surface area (Å²) in [5.74, 6) is 2.83. The molecular formula is C46H32N2O. The molecule has 0 fully saturated rings. The fourth-order valence-corrected chi connectivity index (χ4v) is 8.50. The highest BCUT2D eigenvalue weighted by Crippen LogP contribution is 2.62. The van der Waals surface area contributed by atoms with Gasteiger partial charge in [0.15, 0.2) is 5.82 Å². The van der Waals surface area contributed by atoms with Crippen molar-refractivity contribution in [2.45, 2.75) is 18.8 Å². The number of para-hydroxylation sites is 2. The van der Waals surface area contributed by atoms with Gasteiger partial charge >= 0.3 is 0 Å². The monoisotopic (exact) mass is 628 g/mol. The van der Waals surface area contributed by atoms with Crippen molar-refractivity contribution in [2.24, 2.45) is 5.92 Å². The summed E-state index contributed by atoms with van der Waals surface area (Å²) in [5.41, 5.74) is 13.6. The third-order valence-electron chi connectivity index (χ3n) is 10.6. The molecule has 1 aromatic heterocycles. The summed E-state index contributed by atoms with van der Waals surface area (Å²) in [6.45, 7) is 2.31. The summed E-state index contributed by atoms with van der Waals surface area (Å²) < 4.78 is 6.68. The largest absolute Gasteiger partial charge is 0.457 e. The molecule has 0 radical (unpaired) electrons. The average molecular weight is 629 g/mol. The molecule has 1 atom stereocenters. The molecule has 0 saturated carbocycles. The van der Waals surface area contributed by atoms with Gasteiger partial charge in [-0.15, -0.1) is 0 Å². The average Bonchev–Trinajstić information content (AvgIpc) is 3.45. The summed E-state index contributed by atoms with van der Waals surface area (Å²) in [6, 6.07) is 51.8. The van der Waals surface area contributed by atoms with Gasteiger partial charge in [-0.3, -0.25) is 0 Å². The smallest absolute Gasteiger partial charge is 0.160 e. The van der Waals surface area contributed by atoms with E-state index in [1.165, 1.54) is 39.0 Å². The quantitative estimate of drug-likeness (QED) is 0.195. The molecule has 3 heteroatoms. The highest BCUT2D eigenvalue weighted by molar-refractivity contribution is 5.94. The predicted octanol–water partition coefficient (Wildman–Crippen LogP) is 11.3. The Labute approximate surface area is 285 Å². The van der Waals surface area contributed by atoms with Crippen molar-refractivity contribution >= 4 is 22.0 Å². The maximum Gasteiger partial charge on any atom is 0.160 e. The third kappa shape index (κ3) is 4.09. The standard InChI is InChI=1S/C46H32N2O/c1-29-27-31(23-25-33(29)30-13-3-2-4-14-30)44-36-17-7-11-21-41(36)47-45(48-44)32-24-26-43-40(28-32)46(39-20-10-12-22-42(39)49-43)37-18-8-5-15-34(37)35-16-6-9-19-38(35)46/h2-26,28-29H,27H2,1H3. The summed E-state index contributed by atoms with van der Waals surface area (Å²) in [5, 5.41) is 1.08. The minimum atomic E-state index is -0.535. The van der Waals surface area contributed by atoms with Crippen LogP contribution in [-0.4, -0.2) is 9.97 Å². The molecule has 10 rings (SSSR count). The number of hydrogen-bond acceptors (Lipinski definition) is 3.